The van der Waals surface area contributed by atoms with Gasteiger partial charge in [-0.3, -0.25) is 0 Å². The summed E-state index contributed by atoms with van der Waals surface area (Å²) in [6.45, 7) is 10.8. The van der Waals surface area contributed by atoms with Crippen LogP contribution in [0.5, 0.6) is 0 Å². The summed E-state index contributed by atoms with van der Waals surface area (Å²) in [6.07, 6.45) is 5.78. The summed E-state index contributed by atoms with van der Waals surface area (Å²) in [5.74, 6) is 1.51. The number of rotatable bonds is 10. The molecule has 2 atom stereocenters. The number of hydrogen-bond donors (Lipinski definition) is 2. The van der Waals surface area contributed by atoms with Crippen LogP contribution >= 0.6 is 0 Å². The van der Waals surface area contributed by atoms with Gasteiger partial charge in [-0.25, -0.2) is 0 Å². The summed E-state index contributed by atoms with van der Waals surface area (Å²) in [5.41, 5.74) is 0.853. The van der Waals surface area contributed by atoms with Crippen molar-refractivity contribution in [1.29, 1.82) is 0 Å². The molecule has 136 valence electrons. The smallest absolute Gasteiger partial charge is 0.0591 e. The Hall–Kier alpha value is -1.06. The minimum absolute atomic E-state index is 0.509. The van der Waals surface area contributed by atoms with Crippen molar-refractivity contribution in [2.75, 3.05) is 31.1 Å². The Balaban J connectivity index is 1.54. The van der Waals surface area contributed by atoms with E-state index < -0.39 is 5.60 Å². The lowest BCUT2D eigenvalue weighted by atomic mass is 9.95. The lowest BCUT2D eigenvalue weighted by Crippen LogP contribution is -2.27. The monoisotopic (exact) mass is 332 g/mol. The second-order valence-corrected chi connectivity index (χ2v) is 8.24. The van der Waals surface area contributed by atoms with Crippen molar-refractivity contribution in [3.63, 3.8) is 0 Å². The van der Waals surface area contributed by atoms with Crippen molar-refractivity contribution >= 4 is 5.69 Å². The first-order chi connectivity index (χ1) is 11.4. The van der Waals surface area contributed by atoms with E-state index >= 15 is 0 Å². The summed E-state index contributed by atoms with van der Waals surface area (Å²) < 4.78 is 0. The van der Waals surface area contributed by atoms with Gasteiger partial charge in [-0.1, -0.05) is 38.0 Å². The van der Waals surface area contributed by atoms with Crippen LogP contribution in [-0.2, 0) is 0 Å². The van der Waals surface area contributed by atoms with Crippen LogP contribution in [0, 0.1) is 11.8 Å². The van der Waals surface area contributed by atoms with Crippen LogP contribution in [0.2, 0.25) is 0 Å². The molecule has 0 bridgehead atoms. The number of hydrogen-bond acceptors (Lipinski definition) is 3. The Bertz CT molecular complexity index is 455. The minimum atomic E-state index is -0.509. The van der Waals surface area contributed by atoms with Crippen molar-refractivity contribution in [3.8, 4) is 0 Å². The summed E-state index contributed by atoms with van der Waals surface area (Å²) in [4.78, 5) is 2.51. The molecule has 3 heteroatoms. The summed E-state index contributed by atoms with van der Waals surface area (Å²) in [5, 5.41) is 13.4. The fourth-order valence-electron chi connectivity index (χ4n) is 3.55. The normalized spacial score (nSPS) is 19.7. The van der Waals surface area contributed by atoms with Gasteiger partial charge in [0.05, 0.1) is 5.60 Å². The van der Waals surface area contributed by atoms with Crippen molar-refractivity contribution < 1.29 is 5.11 Å². The third-order valence-corrected chi connectivity index (χ3v) is 5.14. The number of nitrogens with zero attached hydrogens (tertiary/aromatic N) is 1. The van der Waals surface area contributed by atoms with E-state index in [2.05, 4.69) is 47.5 Å². The number of para-hydroxylation sites is 1. The van der Waals surface area contributed by atoms with E-state index in [1.807, 2.05) is 13.8 Å². The first kappa shape index (κ1) is 19.3. The van der Waals surface area contributed by atoms with Crippen LogP contribution < -0.4 is 10.2 Å². The molecule has 0 radical (unpaired) electrons. The van der Waals surface area contributed by atoms with Gasteiger partial charge in [0.15, 0.2) is 0 Å². The number of nitrogens with one attached hydrogen (secondary N) is 1. The van der Waals surface area contributed by atoms with Gasteiger partial charge < -0.3 is 15.3 Å². The van der Waals surface area contributed by atoms with Crippen molar-refractivity contribution in [2.45, 2.75) is 58.5 Å². The second-order valence-electron chi connectivity index (χ2n) is 8.24. The highest BCUT2D eigenvalue weighted by Gasteiger charge is 2.22. The molecule has 1 aromatic carbocycles. The summed E-state index contributed by atoms with van der Waals surface area (Å²) in [6, 6.07) is 10.8. The van der Waals surface area contributed by atoms with E-state index in [9.17, 15) is 5.11 Å². The average Bonchev–Trinajstić information content (AvgIpc) is 3.00. The van der Waals surface area contributed by atoms with Crippen molar-refractivity contribution in [3.05, 3.63) is 30.3 Å². The molecular formula is C21H36N2O. The molecule has 0 aliphatic carbocycles. The van der Waals surface area contributed by atoms with Crippen LogP contribution in [0.1, 0.15) is 52.9 Å². The predicted octanol–water partition coefficient (Wildman–Crippen LogP) is 4.07. The SMILES string of the molecule is CC(CCCC(C)(C)O)CCNCC1CCN(c2ccccc2)C1. The molecule has 1 saturated heterocycles. The molecule has 0 amide bonds. The van der Waals surface area contributed by atoms with Gasteiger partial charge in [0.25, 0.3) is 0 Å². The predicted molar refractivity (Wildman–Crippen MR) is 104 cm³/mol. The molecule has 1 aliphatic heterocycles. The molecule has 2 rings (SSSR count). The van der Waals surface area contributed by atoms with Crippen molar-refractivity contribution in [1.82, 2.24) is 5.32 Å². The first-order valence-corrected chi connectivity index (χ1v) is 9.67. The summed E-state index contributed by atoms with van der Waals surface area (Å²) >= 11 is 0. The van der Waals surface area contributed by atoms with Gasteiger partial charge in [0.1, 0.15) is 0 Å². The molecule has 0 aromatic heterocycles. The maximum atomic E-state index is 9.75. The highest BCUT2D eigenvalue weighted by atomic mass is 16.3. The topological polar surface area (TPSA) is 35.5 Å². The van der Waals surface area contributed by atoms with Crippen LogP contribution in [0.3, 0.4) is 0 Å². The van der Waals surface area contributed by atoms with Crippen LogP contribution in [-0.4, -0.2) is 36.9 Å². The molecule has 0 saturated carbocycles. The Morgan fingerprint density at radius 2 is 2.00 bits per heavy atom. The summed E-state index contributed by atoms with van der Waals surface area (Å²) in [7, 11) is 0. The van der Waals surface area contributed by atoms with Gasteiger partial charge in [0.2, 0.25) is 0 Å². The Labute approximate surface area is 148 Å². The van der Waals surface area contributed by atoms with E-state index in [-0.39, 0.29) is 0 Å². The standard InChI is InChI=1S/C21H36N2O/c1-18(8-7-13-21(2,3)24)11-14-22-16-19-12-15-23(17-19)20-9-5-4-6-10-20/h4-6,9-10,18-19,22,24H,7-8,11-17H2,1-3H3. The Morgan fingerprint density at radius 1 is 1.25 bits per heavy atom. The van der Waals surface area contributed by atoms with E-state index in [0.29, 0.717) is 0 Å². The molecule has 2 unspecified atom stereocenters. The van der Waals surface area contributed by atoms with Gasteiger partial charge in [-0.2, -0.15) is 0 Å². The lowest BCUT2D eigenvalue weighted by molar-refractivity contribution is 0.0669. The molecule has 0 spiro atoms. The van der Waals surface area contributed by atoms with E-state index in [0.717, 1.165) is 37.8 Å². The zero-order valence-corrected chi connectivity index (χ0v) is 15.8. The number of aliphatic hydroxyl groups is 1. The van der Waals surface area contributed by atoms with Gasteiger partial charge in [0, 0.05) is 18.8 Å². The highest BCUT2D eigenvalue weighted by molar-refractivity contribution is 5.46. The molecular weight excluding hydrogens is 296 g/mol. The molecule has 24 heavy (non-hydrogen) atoms. The molecule has 1 fully saturated rings. The molecule has 3 nitrogen and oxygen atoms in total. The molecule has 2 N–H and O–H groups in total. The van der Waals surface area contributed by atoms with Gasteiger partial charge in [-0.05, 0) is 70.2 Å². The van der Waals surface area contributed by atoms with E-state index in [1.165, 1.54) is 38.0 Å². The van der Waals surface area contributed by atoms with E-state index in [1.54, 1.807) is 0 Å². The zero-order valence-electron chi connectivity index (χ0n) is 15.8. The van der Waals surface area contributed by atoms with Gasteiger partial charge >= 0.3 is 0 Å². The maximum absolute atomic E-state index is 9.75. The van der Waals surface area contributed by atoms with Gasteiger partial charge in [-0.15, -0.1) is 0 Å². The van der Waals surface area contributed by atoms with Crippen LogP contribution in [0.4, 0.5) is 5.69 Å². The molecule has 1 aliphatic rings. The Kier molecular flexibility index (Phi) is 7.57. The Morgan fingerprint density at radius 3 is 2.71 bits per heavy atom. The van der Waals surface area contributed by atoms with Crippen molar-refractivity contribution in [2.24, 2.45) is 11.8 Å². The number of anilines is 1. The average molecular weight is 333 g/mol. The maximum Gasteiger partial charge on any atom is 0.0591 e. The van der Waals surface area contributed by atoms with E-state index in [4.69, 9.17) is 0 Å². The largest absolute Gasteiger partial charge is 0.390 e. The first-order valence-electron chi connectivity index (χ1n) is 9.67. The fourth-order valence-corrected chi connectivity index (χ4v) is 3.55. The quantitative estimate of drug-likeness (QED) is 0.634. The third kappa shape index (κ3) is 7.23. The minimum Gasteiger partial charge on any atom is -0.390 e. The molecule has 1 heterocycles. The van der Waals surface area contributed by atoms with Crippen LogP contribution in [0.25, 0.3) is 0 Å². The lowest BCUT2D eigenvalue weighted by Gasteiger charge is -2.19. The number of benzene rings is 1. The fraction of sp³-hybridized carbons (Fsp3) is 0.714. The third-order valence-electron chi connectivity index (χ3n) is 5.14. The van der Waals surface area contributed by atoms with Crippen LogP contribution in [0.15, 0.2) is 30.3 Å². The second kappa shape index (κ2) is 9.43. The zero-order chi connectivity index (χ0) is 17.4. The highest BCUT2D eigenvalue weighted by Crippen LogP contribution is 2.23. The molecule has 1 aromatic rings.